The molecule has 1 aromatic heterocycles. The van der Waals surface area contributed by atoms with E-state index in [1.54, 1.807) is 31.6 Å². The van der Waals surface area contributed by atoms with Gasteiger partial charge in [-0.3, -0.25) is 4.68 Å². The first-order valence-corrected chi connectivity index (χ1v) is 7.73. The van der Waals surface area contributed by atoms with Gasteiger partial charge in [0.05, 0.1) is 22.7 Å². The summed E-state index contributed by atoms with van der Waals surface area (Å²) in [4.78, 5) is 0. The summed E-state index contributed by atoms with van der Waals surface area (Å²) < 4.78 is 24.7. The van der Waals surface area contributed by atoms with Crippen molar-refractivity contribution in [3.63, 3.8) is 0 Å². The van der Waals surface area contributed by atoms with E-state index in [-0.39, 0.29) is 5.75 Å². The molecule has 0 saturated heterocycles. The van der Waals surface area contributed by atoms with Crippen LogP contribution >= 0.6 is 0 Å². The van der Waals surface area contributed by atoms with Crippen molar-refractivity contribution in [3.05, 3.63) is 11.9 Å². The molecule has 6 nitrogen and oxygen atoms in total. The van der Waals surface area contributed by atoms with Crippen LogP contribution in [0.3, 0.4) is 0 Å². The fourth-order valence-corrected chi connectivity index (χ4v) is 2.34. The molecule has 1 aromatic rings. The molecular weight excluding hydrogens is 252 g/mol. The molecule has 0 atom stereocenters. The van der Waals surface area contributed by atoms with Crippen molar-refractivity contribution in [2.45, 2.75) is 45.5 Å². The number of hydrogen-bond acceptors (Lipinski definition) is 5. The molecule has 0 amide bonds. The number of rotatable bonds is 6. The Labute approximate surface area is 109 Å². The molecule has 0 bridgehead atoms. The van der Waals surface area contributed by atoms with Gasteiger partial charge in [-0.05, 0) is 27.3 Å². The van der Waals surface area contributed by atoms with Crippen LogP contribution in [-0.4, -0.2) is 40.5 Å². The van der Waals surface area contributed by atoms with E-state index in [2.05, 4.69) is 15.6 Å². The third-order valence-electron chi connectivity index (χ3n) is 2.66. The maximum Gasteiger partial charge on any atom is 0.157 e. The molecule has 0 unspecified atom stereocenters. The lowest BCUT2D eigenvalue weighted by Crippen LogP contribution is -2.32. The highest BCUT2D eigenvalue weighted by Crippen LogP contribution is 2.16. The van der Waals surface area contributed by atoms with Crippen molar-refractivity contribution >= 4 is 9.84 Å². The number of aromatic nitrogens is 3. The minimum absolute atomic E-state index is 0.0838. The summed E-state index contributed by atoms with van der Waals surface area (Å²) >= 11 is 0. The molecule has 0 spiro atoms. The summed E-state index contributed by atoms with van der Waals surface area (Å²) in [6.07, 6.45) is 1.78. The summed E-state index contributed by atoms with van der Waals surface area (Å²) in [5.41, 5.74) is 0.824. The Morgan fingerprint density at radius 2 is 2.06 bits per heavy atom. The maximum absolute atomic E-state index is 11.9. The van der Waals surface area contributed by atoms with Gasteiger partial charge in [0.1, 0.15) is 0 Å². The predicted octanol–water partition coefficient (Wildman–Crippen LogP) is 0.601. The molecule has 7 heteroatoms. The molecule has 1 rings (SSSR count). The SMILES string of the molecule is CCNCc1cn(CCS(=O)(=O)C(C)(C)C)nn1. The average Bonchev–Trinajstić information content (AvgIpc) is 2.70. The van der Waals surface area contributed by atoms with Crippen LogP contribution in [0.25, 0.3) is 0 Å². The van der Waals surface area contributed by atoms with E-state index < -0.39 is 14.6 Å². The second-order valence-electron chi connectivity index (χ2n) is 5.18. The van der Waals surface area contributed by atoms with Crippen LogP contribution in [-0.2, 0) is 22.9 Å². The highest BCUT2D eigenvalue weighted by molar-refractivity contribution is 7.92. The normalized spacial score (nSPS) is 12.9. The molecule has 0 aromatic carbocycles. The third-order valence-corrected chi connectivity index (χ3v) is 5.25. The van der Waals surface area contributed by atoms with Gasteiger partial charge in [-0.15, -0.1) is 5.10 Å². The molecule has 104 valence electrons. The smallest absolute Gasteiger partial charge is 0.157 e. The van der Waals surface area contributed by atoms with Gasteiger partial charge in [-0.25, -0.2) is 8.42 Å². The van der Waals surface area contributed by atoms with E-state index >= 15 is 0 Å². The molecule has 0 fully saturated rings. The Morgan fingerprint density at radius 3 is 2.61 bits per heavy atom. The zero-order valence-electron chi connectivity index (χ0n) is 11.5. The largest absolute Gasteiger partial charge is 0.311 e. The average molecular weight is 274 g/mol. The highest BCUT2D eigenvalue weighted by atomic mass is 32.2. The lowest BCUT2D eigenvalue weighted by molar-refractivity contribution is 0.545. The van der Waals surface area contributed by atoms with Gasteiger partial charge in [-0.2, -0.15) is 0 Å². The van der Waals surface area contributed by atoms with Crippen molar-refractivity contribution in [3.8, 4) is 0 Å². The van der Waals surface area contributed by atoms with Gasteiger partial charge in [0, 0.05) is 12.7 Å². The molecule has 0 aliphatic heterocycles. The van der Waals surface area contributed by atoms with Crippen molar-refractivity contribution < 1.29 is 8.42 Å². The van der Waals surface area contributed by atoms with Gasteiger partial charge < -0.3 is 5.32 Å². The summed E-state index contributed by atoms with van der Waals surface area (Å²) in [7, 11) is -3.11. The summed E-state index contributed by atoms with van der Waals surface area (Å²) in [5, 5.41) is 11.0. The number of nitrogens with zero attached hydrogens (tertiary/aromatic N) is 3. The van der Waals surface area contributed by atoms with Gasteiger partial charge in [0.25, 0.3) is 0 Å². The van der Waals surface area contributed by atoms with E-state index in [1.807, 2.05) is 6.92 Å². The zero-order valence-corrected chi connectivity index (χ0v) is 12.3. The van der Waals surface area contributed by atoms with E-state index in [0.29, 0.717) is 13.1 Å². The Hall–Kier alpha value is -0.950. The van der Waals surface area contributed by atoms with Gasteiger partial charge in [0.15, 0.2) is 9.84 Å². The lowest BCUT2D eigenvalue weighted by Gasteiger charge is -2.18. The topological polar surface area (TPSA) is 76.9 Å². The number of nitrogens with one attached hydrogen (secondary N) is 1. The van der Waals surface area contributed by atoms with Crippen LogP contribution in [0, 0.1) is 0 Å². The zero-order chi connectivity index (χ0) is 13.8. The second-order valence-corrected chi connectivity index (χ2v) is 8.05. The molecule has 0 saturated carbocycles. The number of hydrogen-bond donors (Lipinski definition) is 1. The minimum atomic E-state index is -3.11. The molecule has 1 heterocycles. The monoisotopic (exact) mass is 274 g/mol. The lowest BCUT2D eigenvalue weighted by atomic mass is 10.3. The molecule has 0 radical (unpaired) electrons. The molecular formula is C11H22N4O2S. The first-order chi connectivity index (χ1) is 8.26. The second kappa shape index (κ2) is 5.79. The van der Waals surface area contributed by atoms with Crippen molar-refractivity contribution in [2.24, 2.45) is 0 Å². The van der Waals surface area contributed by atoms with E-state index in [1.165, 1.54) is 0 Å². The first-order valence-electron chi connectivity index (χ1n) is 6.08. The molecule has 0 aliphatic rings. The molecule has 18 heavy (non-hydrogen) atoms. The van der Waals surface area contributed by atoms with Crippen LogP contribution < -0.4 is 5.32 Å². The Morgan fingerprint density at radius 1 is 1.39 bits per heavy atom. The molecule has 1 N–H and O–H groups in total. The van der Waals surface area contributed by atoms with E-state index in [0.717, 1.165) is 12.2 Å². The summed E-state index contributed by atoms with van der Waals surface area (Å²) in [6.45, 7) is 9.01. The fraction of sp³-hybridized carbons (Fsp3) is 0.818. The minimum Gasteiger partial charge on any atom is -0.311 e. The maximum atomic E-state index is 11.9. The van der Waals surface area contributed by atoms with Gasteiger partial charge in [0.2, 0.25) is 0 Å². The standard InChI is InChI=1S/C11H22N4O2S/c1-5-12-8-10-9-15(14-13-10)6-7-18(16,17)11(2,3)4/h9,12H,5-8H2,1-4H3. The quantitative estimate of drug-likeness (QED) is 0.822. The Bertz CT molecular complexity index is 473. The van der Waals surface area contributed by atoms with Crippen molar-refractivity contribution in [1.29, 1.82) is 0 Å². The highest BCUT2D eigenvalue weighted by Gasteiger charge is 2.28. The number of aryl methyl sites for hydroxylation is 1. The number of sulfone groups is 1. The van der Waals surface area contributed by atoms with Crippen molar-refractivity contribution in [1.82, 2.24) is 20.3 Å². The first kappa shape index (κ1) is 15.1. The Balaban J connectivity index is 2.57. The van der Waals surface area contributed by atoms with Gasteiger partial charge >= 0.3 is 0 Å². The molecule has 0 aliphatic carbocycles. The van der Waals surface area contributed by atoms with Crippen LogP contribution in [0.4, 0.5) is 0 Å². The summed E-state index contributed by atoms with van der Waals surface area (Å²) in [6, 6.07) is 0. The summed E-state index contributed by atoms with van der Waals surface area (Å²) in [5.74, 6) is 0.0838. The third kappa shape index (κ3) is 4.06. The van der Waals surface area contributed by atoms with Crippen LogP contribution in [0.5, 0.6) is 0 Å². The van der Waals surface area contributed by atoms with Gasteiger partial charge in [-0.1, -0.05) is 12.1 Å². The van der Waals surface area contributed by atoms with Crippen molar-refractivity contribution in [2.75, 3.05) is 12.3 Å². The fourth-order valence-electron chi connectivity index (χ4n) is 1.30. The van der Waals surface area contributed by atoms with E-state index in [9.17, 15) is 8.42 Å². The van der Waals surface area contributed by atoms with Crippen LogP contribution in [0.15, 0.2) is 6.20 Å². The van der Waals surface area contributed by atoms with E-state index in [4.69, 9.17) is 0 Å². The predicted molar refractivity (Wildman–Crippen MR) is 70.9 cm³/mol. The Kier molecular flexibility index (Phi) is 4.86. The van der Waals surface area contributed by atoms with Crippen LogP contribution in [0.1, 0.15) is 33.4 Å². The van der Waals surface area contributed by atoms with Crippen LogP contribution in [0.2, 0.25) is 0 Å².